The van der Waals surface area contributed by atoms with Crippen molar-refractivity contribution in [2.24, 2.45) is 0 Å². The van der Waals surface area contributed by atoms with Crippen LogP contribution >= 0.6 is 11.6 Å². The van der Waals surface area contributed by atoms with E-state index in [9.17, 15) is 17.6 Å². The highest BCUT2D eigenvalue weighted by Crippen LogP contribution is 2.32. The Morgan fingerprint density at radius 3 is 2.41 bits per heavy atom. The maximum Gasteiger partial charge on any atom is 0.436 e. The van der Waals surface area contributed by atoms with E-state index in [1.165, 1.54) is 6.07 Å². The molecule has 0 amide bonds. The highest BCUT2D eigenvalue weighted by Gasteiger charge is 2.35. The first-order valence-corrected chi connectivity index (χ1v) is 4.75. The Balaban J connectivity index is 2.40. The lowest BCUT2D eigenvalue weighted by molar-refractivity contribution is -0.142. The molecule has 2 rings (SSSR count). The van der Waals surface area contributed by atoms with Crippen molar-refractivity contribution in [3.8, 4) is 11.3 Å². The predicted molar refractivity (Wildman–Crippen MR) is 51.9 cm³/mol. The van der Waals surface area contributed by atoms with Gasteiger partial charge in [-0.2, -0.15) is 13.2 Å². The van der Waals surface area contributed by atoms with Crippen LogP contribution in [-0.2, 0) is 6.18 Å². The summed E-state index contributed by atoms with van der Waals surface area (Å²) in [5.41, 5.74) is -0.924. The second kappa shape index (κ2) is 4.03. The van der Waals surface area contributed by atoms with Crippen LogP contribution in [0.25, 0.3) is 11.3 Å². The molecule has 90 valence electrons. The summed E-state index contributed by atoms with van der Waals surface area (Å²) in [7, 11) is 0. The Labute approximate surface area is 97.8 Å². The largest absolute Gasteiger partial charge is 0.436 e. The van der Waals surface area contributed by atoms with Gasteiger partial charge in [-0.05, 0) is 18.2 Å². The van der Waals surface area contributed by atoms with Gasteiger partial charge in [-0.1, -0.05) is 16.8 Å². The zero-order valence-electron chi connectivity index (χ0n) is 8.05. The van der Waals surface area contributed by atoms with Gasteiger partial charge in [-0.3, -0.25) is 0 Å². The molecule has 0 aliphatic heterocycles. The average molecular weight is 266 g/mol. The van der Waals surface area contributed by atoms with Crippen LogP contribution in [0, 0.1) is 5.82 Å². The van der Waals surface area contributed by atoms with Crippen molar-refractivity contribution < 1.29 is 22.1 Å². The van der Waals surface area contributed by atoms with Gasteiger partial charge in [-0.25, -0.2) is 4.39 Å². The first-order valence-electron chi connectivity index (χ1n) is 4.37. The lowest BCUT2D eigenvalue weighted by Crippen LogP contribution is -2.04. The molecule has 1 aromatic heterocycles. The molecule has 2 nitrogen and oxygen atoms in total. The van der Waals surface area contributed by atoms with Crippen molar-refractivity contribution in [1.82, 2.24) is 5.16 Å². The molecule has 1 heterocycles. The zero-order valence-corrected chi connectivity index (χ0v) is 8.81. The van der Waals surface area contributed by atoms with Crippen LogP contribution in [0.1, 0.15) is 5.69 Å². The van der Waals surface area contributed by atoms with E-state index in [2.05, 4.69) is 9.68 Å². The predicted octanol–water partition coefficient (Wildman–Crippen LogP) is 4.15. The Hall–Kier alpha value is -1.56. The average Bonchev–Trinajstić information content (AvgIpc) is 2.70. The molecule has 0 bridgehead atoms. The van der Waals surface area contributed by atoms with Gasteiger partial charge in [0.15, 0.2) is 11.5 Å². The molecule has 7 heteroatoms. The maximum absolute atomic E-state index is 12.9. The minimum atomic E-state index is -4.58. The first-order chi connectivity index (χ1) is 7.88. The molecular weight excluding hydrogens is 262 g/mol. The SMILES string of the molecule is Fc1ccc(-c2cc(C(F)(F)F)no2)cc1Cl. The fourth-order valence-corrected chi connectivity index (χ4v) is 1.37. The minimum Gasteiger partial charge on any atom is -0.356 e. The van der Waals surface area contributed by atoms with E-state index in [0.29, 0.717) is 0 Å². The molecule has 0 aliphatic rings. The fraction of sp³-hybridized carbons (Fsp3) is 0.100. The highest BCUT2D eigenvalue weighted by atomic mass is 35.5. The number of aromatic nitrogens is 1. The number of hydrogen-bond acceptors (Lipinski definition) is 2. The molecule has 0 radical (unpaired) electrons. The highest BCUT2D eigenvalue weighted by molar-refractivity contribution is 6.31. The molecule has 1 aromatic carbocycles. The number of nitrogens with zero attached hydrogens (tertiary/aromatic N) is 1. The van der Waals surface area contributed by atoms with Crippen LogP contribution in [0.15, 0.2) is 28.8 Å². The summed E-state index contributed by atoms with van der Waals surface area (Å²) in [6.45, 7) is 0. The van der Waals surface area contributed by atoms with E-state index in [4.69, 9.17) is 11.6 Å². The molecule has 0 fully saturated rings. The number of halogens is 5. The van der Waals surface area contributed by atoms with Crippen molar-refractivity contribution >= 4 is 11.6 Å². The van der Waals surface area contributed by atoms with Gasteiger partial charge in [-0.15, -0.1) is 0 Å². The topological polar surface area (TPSA) is 26.0 Å². The van der Waals surface area contributed by atoms with Gasteiger partial charge in [0.1, 0.15) is 5.82 Å². The van der Waals surface area contributed by atoms with E-state index in [-0.39, 0.29) is 16.3 Å². The van der Waals surface area contributed by atoms with Gasteiger partial charge >= 0.3 is 6.18 Å². The van der Waals surface area contributed by atoms with Gasteiger partial charge < -0.3 is 4.52 Å². The number of rotatable bonds is 1. The van der Waals surface area contributed by atoms with E-state index in [1.807, 2.05) is 0 Å². The standard InChI is InChI=1S/C10H4ClF4NO/c11-6-3-5(1-2-7(6)12)8-4-9(16-17-8)10(13,14)15/h1-4H. The molecule has 0 spiro atoms. The van der Waals surface area contributed by atoms with Crippen LogP contribution in [0.2, 0.25) is 5.02 Å². The summed E-state index contributed by atoms with van der Waals surface area (Å²) in [6, 6.07) is 4.18. The monoisotopic (exact) mass is 265 g/mol. The summed E-state index contributed by atoms with van der Waals surface area (Å²) in [5.74, 6) is -0.787. The van der Waals surface area contributed by atoms with Crippen molar-refractivity contribution in [1.29, 1.82) is 0 Å². The van der Waals surface area contributed by atoms with Crippen LogP contribution < -0.4 is 0 Å². The van der Waals surface area contributed by atoms with Crippen LogP contribution in [0.3, 0.4) is 0 Å². The normalized spacial score (nSPS) is 11.8. The molecule has 0 saturated carbocycles. The minimum absolute atomic E-state index is 0.126. The summed E-state index contributed by atoms with van der Waals surface area (Å²) in [6.07, 6.45) is -4.58. The molecule has 17 heavy (non-hydrogen) atoms. The molecule has 0 atom stereocenters. The van der Waals surface area contributed by atoms with Crippen molar-refractivity contribution in [3.05, 3.63) is 40.8 Å². The van der Waals surface area contributed by atoms with E-state index < -0.39 is 17.7 Å². The third-order valence-corrected chi connectivity index (χ3v) is 2.29. The zero-order chi connectivity index (χ0) is 12.6. The van der Waals surface area contributed by atoms with E-state index in [0.717, 1.165) is 18.2 Å². The van der Waals surface area contributed by atoms with E-state index >= 15 is 0 Å². The van der Waals surface area contributed by atoms with Crippen LogP contribution in [-0.4, -0.2) is 5.16 Å². The Morgan fingerprint density at radius 1 is 1.18 bits per heavy atom. The summed E-state index contributed by atoms with van der Waals surface area (Å²) in [5, 5.41) is 2.68. The number of alkyl halides is 3. The van der Waals surface area contributed by atoms with Gasteiger partial charge in [0.2, 0.25) is 0 Å². The Bertz CT molecular complexity index is 549. The molecule has 0 saturated heterocycles. The summed E-state index contributed by atoms with van der Waals surface area (Å²) in [4.78, 5) is 0. The molecule has 0 N–H and O–H groups in total. The van der Waals surface area contributed by atoms with Gasteiger partial charge in [0, 0.05) is 11.6 Å². The third-order valence-electron chi connectivity index (χ3n) is 2.00. The van der Waals surface area contributed by atoms with Crippen molar-refractivity contribution in [2.75, 3.05) is 0 Å². The molecule has 2 aromatic rings. The lowest BCUT2D eigenvalue weighted by atomic mass is 10.1. The van der Waals surface area contributed by atoms with E-state index in [1.54, 1.807) is 0 Å². The smallest absolute Gasteiger partial charge is 0.356 e. The second-order valence-corrected chi connectivity index (χ2v) is 3.61. The van der Waals surface area contributed by atoms with Crippen LogP contribution in [0.5, 0.6) is 0 Å². The number of hydrogen-bond donors (Lipinski definition) is 0. The molecule has 0 unspecified atom stereocenters. The first kappa shape index (κ1) is 11.9. The van der Waals surface area contributed by atoms with Crippen molar-refractivity contribution in [3.63, 3.8) is 0 Å². The second-order valence-electron chi connectivity index (χ2n) is 3.20. The molecule has 0 aliphatic carbocycles. The summed E-state index contributed by atoms with van der Waals surface area (Å²) >= 11 is 5.50. The Morgan fingerprint density at radius 2 is 1.88 bits per heavy atom. The van der Waals surface area contributed by atoms with Crippen molar-refractivity contribution in [2.45, 2.75) is 6.18 Å². The summed E-state index contributed by atoms with van der Waals surface area (Å²) < 4.78 is 54.1. The quantitative estimate of drug-likeness (QED) is 0.724. The molecular formula is C10H4ClF4NO. The number of benzene rings is 1. The lowest BCUT2D eigenvalue weighted by Gasteiger charge is -1.98. The Kier molecular flexibility index (Phi) is 2.82. The van der Waals surface area contributed by atoms with Crippen LogP contribution in [0.4, 0.5) is 17.6 Å². The van der Waals surface area contributed by atoms with Gasteiger partial charge in [0.25, 0.3) is 0 Å². The van der Waals surface area contributed by atoms with Gasteiger partial charge in [0.05, 0.1) is 5.02 Å². The maximum atomic E-state index is 12.9. The fourth-order valence-electron chi connectivity index (χ4n) is 1.19. The third kappa shape index (κ3) is 2.41.